The van der Waals surface area contributed by atoms with Gasteiger partial charge in [0.25, 0.3) is 0 Å². The number of esters is 2. The first-order valence-corrected chi connectivity index (χ1v) is 9.66. The third-order valence-electron chi connectivity index (χ3n) is 3.92. The third-order valence-corrected chi connectivity index (χ3v) is 3.92. The van der Waals surface area contributed by atoms with Crippen LogP contribution in [0.15, 0.2) is 54.5 Å². The molecule has 0 bridgehead atoms. The number of nitrogens with zero attached hydrogens (tertiary/aromatic N) is 1. The Balaban J connectivity index is 2.42. The first-order chi connectivity index (χ1) is 15.2. The molecule has 0 saturated carbocycles. The van der Waals surface area contributed by atoms with E-state index >= 15 is 0 Å². The minimum atomic E-state index is -0.777. The minimum Gasteiger partial charge on any atom is -0.500 e. The highest BCUT2D eigenvalue weighted by Crippen LogP contribution is 2.28. The molecule has 0 aliphatic heterocycles. The largest absolute Gasteiger partial charge is 0.500 e. The summed E-state index contributed by atoms with van der Waals surface area (Å²) < 4.78 is 26.6. The fourth-order valence-electron chi connectivity index (χ4n) is 2.57. The normalized spacial score (nSPS) is 11.2. The number of nitriles is 1. The van der Waals surface area contributed by atoms with E-state index in [1.807, 2.05) is 6.07 Å². The Morgan fingerprint density at radius 2 is 1.75 bits per heavy atom. The quantitative estimate of drug-likeness (QED) is 0.343. The fourth-order valence-corrected chi connectivity index (χ4v) is 2.57. The summed E-state index contributed by atoms with van der Waals surface area (Å²) in [5, 5.41) is 8.92. The van der Waals surface area contributed by atoms with Crippen LogP contribution in [-0.2, 0) is 25.6 Å². The number of methoxy groups -OCH3 is 2. The Morgan fingerprint density at radius 3 is 2.31 bits per heavy atom. The van der Waals surface area contributed by atoms with E-state index in [0.29, 0.717) is 16.9 Å². The Labute approximate surface area is 186 Å². The molecule has 0 aliphatic rings. The second kappa shape index (κ2) is 10.9. The van der Waals surface area contributed by atoms with Gasteiger partial charge in [0, 0.05) is 5.56 Å². The Morgan fingerprint density at radius 1 is 1.06 bits per heavy atom. The van der Waals surface area contributed by atoms with Gasteiger partial charge < -0.3 is 23.7 Å². The van der Waals surface area contributed by atoms with Crippen molar-refractivity contribution in [3.8, 4) is 17.6 Å². The average Bonchev–Trinajstić information content (AvgIpc) is 2.76. The zero-order chi connectivity index (χ0) is 23.7. The van der Waals surface area contributed by atoms with Gasteiger partial charge in [0.2, 0.25) is 5.76 Å². The van der Waals surface area contributed by atoms with Gasteiger partial charge in [-0.05, 0) is 51.1 Å². The van der Waals surface area contributed by atoms with Gasteiger partial charge in [0.15, 0.2) is 0 Å². The lowest BCUT2D eigenvalue weighted by atomic mass is 10.1. The topological polar surface area (TPSA) is 104 Å². The van der Waals surface area contributed by atoms with Crippen molar-refractivity contribution in [2.24, 2.45) is 0 Å². The SMILES string of the molecule is CO/C=C(/Oc1cccc(COc2ccc(C#N)cc2)c1C(=O)OC(C)(C)C)C(=O)OC. The number of hydrogen-bond donors (Lipinski definition) is 0. The molecule has 0 amide bonds. The molecule has 2 rings (SSSR count). The van der Waals surface area contributed by atoms with E-state index in [1.54, 1.807) is 57.2 Å². The summed E-state index contributed by atoms with van der Waals surface area (Å²) in [6.07, 6.45) is 1.07. The van der Waals surface area contributed by atoms with Crippen molar-refractivity contribution in [3.05, 3.63) is 71.2 Å². The lowest BCUT2D eigenvalue weighted by molar-refractivity contribution is -0.138. The summed E-state index contributed by atoms with van der Waals surface area (Å²) in [4.78, 5) is 25.0. The maximum atomic E-state index is 13.0. The summed E-state index contributed by atoms with van der Waals surface area (Å²) in [7, 11) is 2.55. The van der Waals surface area contributed by atoms with Gasteiger partial charge in [-0.2, -0.15) is 5.26 Å². The van der Waals surface area contributed by atoms with E-state index in [1.165, 1.54) is 20.3 Å². The van der Waals surface area contributed by atoms with Crippen LogP contribution in [-0.4, -0.2) is 31.8 Å². The second-order valence-electron chi connectivity index (χ2n) is 7.53. The Bertz CT molecular complexity index is 1030. The number of hydrogen-bond acceptors (Lipinski definition) is 8. The van der Waals surface area contributed by atoms with Gasteiger partial charge in [0.05, 0.1) is 25.9 Å². The molecule has 2 aromatic rings. The van der Waals surface area contributed by atoms with Crippen LogP contribution in [0.5, 0.6) is 11.5 Å². The van der Waals surface area contributed by atoms with Gasteiger partial charge in [-0.3, -0.25) is 0 Å². The van der Waals surface area contributed by atoms with Gasteiger partial charge >= 0.3 is 11.9 Å². The third kappa shape index (κ3) is 6.77. The highest BCUT2D eigenvalue weighted by atomic mass is 16.6. The predicted molar refractivity (Wildman–Crippen MR) is 115 cm³/mol. The molecular formula is C24H25NO7. The molecule has 168 valence electrons. The van der Waals surface area contributed by atoms with Crippen molar-refractivity contribution >= 4 is 11.9 Å². The molecule has 0 spiro atoms. The molecule has 2 aromatic carbocycles. The van der Waals surface area contributed by atoms with E-state index in [2.05, 4.69) is 0 Å². The van der Waals surface area contributed by atoms with Crippen LogP contribution in [0.4, 0.5) is 0 Å². The molecule has 8 nitrogen and oxygen atoms in total. The zero-order valence-electron chi connectivity index (χ0n) is 18.6. The highest BCUT2D eigenvalue weighted by molar-refractivity contribution is 5.95. The van der Waals surface area contributed by atoms with Crippen molar-refractivity contribution < 1.29 is 33.3 Å². The van der Waals surface area contributed by atoms with Crippen molar-refractivity contribution in [1.29, 1.82) is 5.26 Å². The zero-order valence-corrected chi connectivity index (χ0v) is 18.6. The maximum absolute atomic E-state index is 13.0. The minimum absolute atomic E-state index is 0.0131. The smallest absolute Gasteiger partial charge is 0.377 e. The molecule has 0 atom stereocenters. The summed E-state index contributed by atoms with van der Waals surface area (Å²) in [5.74, 6) is -1.08. The van der Waals surface area contributed by atoms with Gasteiger partial charge in [-0.1, -0.05) is 12.1 Å². The van der Waals surface area contributed by atoms with Crippen molar-refractivity contribution in [2.45, 2.75) is 33.0 Å². The van der Waals surface area contributed by atoms with E-state index in [0.717, 1.165) is 6.26 Å². The van der Waals surface area contributed by atoms with E-state index in [-0.39, 0.29) is 23.7 Å². The standard InChI is InChI=1S/C24H25NO7/c1-24(2,3)32-23(27)21-17(14-30-18-11-9-16(13-25)10-12-18)7-6-8-19(21)31-20(15-28-4)22(26)29-5/h6-12,15H,14H2,1-5H3/b20-15+. The molecule has 32 heavy (non-hydrogen) atoms. The van der Waals surface area contributed by atoms with Gasteiger partial charge in [-0.25, -0.2) is 9.59 Å². The molecular weight excluding hydrogens is 414 g/mol. The summed E-state index contributed by atoms with van der Waals surface area (Å²) in [6.45, 7) is 5.24. The number of ether oxygens (including phenoxy) is 5. The molecule has 0 radical (unpaired) electrons. The highest BCUT2D eigenvalue weighted by Gasteiger charge is 2.26. The van der Waals surface area contributed by atoms with Crippen LogP contribution >= 0.6 is 0 Å². The molecule has 0 N–H and O–H groups in total. The average molecular weight is 439 g/mol. The monoisotopic (exact) mass is 439 g/mol. The van der Waals surface area contributed by atoms with E-state index in [9.17, 15) is 9.59 Å². The van der Waals surface area contributed by atoms with Crippen molar-refractivity contribution in [2.75, 3.05) is 14.2 Å². The summed E-state index contributed by atoms with van der Waals surface area (Å²) in [5.41, 5.74) is 0.315. The van der Waals surface area contributed by atoms with Crippen molar-refractivity contribution in [3.63, 3.8) is 0 Å². The van der Waals surface area contributed by atoms with Crippen LogP contribution < -0.4 is 9.47 Å². The molecule has 0 saturated heterocycles. The van der Waals surface area contributed by atoms with E-state index < -0.39 is 17.5 Å². The Hall–Kier alpha value is -3.99. The number of benzene rings is 2. The molecule has 0 aliphatic carbocycles. The molecule has 0 aromatic heterocycles. The van der Waals surface area contributed by atoms with Crippen LogP contribution in [0.1, 0.15) is 42.3 Å². The first-order valence-electron chi connectivity index (χ1n) is 9.66. The molecule has 0 unspecified atom stereocenters. The van der Waals surface area contributed by atoms with Crippen LogP contribution in [0.25, 0.3) is 0 Å². The molecule has 8 heteroatoms. The lowest BCUT2D eigenvalue weighted by Crippen LogP contribution is -2.25. The van der Waals surface area contributed by atoms with Crippen LogP contribution in [0.3, 0.4) is 0 Å². The lowest BCUT2D eigenvalue weighted by Gasteiger charge is -2.22. The second-order valence-corrected chi connectivity index (χ2v) is 7.53. The van der Waals surface area contributed by atoms with Crippen LogP contribution in [0.2, 0.25) is 0 Å². The predicted octanol–water partition coefficient (Wildman–Crippen LogP) is 4.13. The van der Waals surface area contributed by atoms with E-state index in [4.69, 9.17) is 28.9 Å². The van der Waals surface area contributed by atoms with Gasteiger partial charge in [0.1, 0.15) is 35.5 Å². The summed E-state index contributed by atoms with van der Waals surface area (Å²) in [6, 6.07) is 13.5. The van der Waals surface area contributed by atoms with Gasteiger partial charge in [-0.15, -0.1) is 0 Å². The number of rotatable bonds is 8. The summed E-state index contributed by atoms with van der Waals surface area (Å²) >= 11 is 0. The Kier molecular flexibility index (Phi) is 8.24. The van der Waals surface area contributed by atoms with Crippen molar-refractivity contribution in [1.82, 2.24) is 0 Å². The number of carbonyl (C=O) groups is 2. The fraction of sp³-hybridized carbons (Fsp3) is 0.292. The number of carbonyl (C=O) groups excluding carboxylic acids is 2. The van der Waals surface area contributed by atoms with Crippen LogP contribution in [0, 0.1) is 11.3 Å². The molecule has 0 fully saturated rings. The molecule has 0 heterocycles. The maximum Gasteiger partial charge on any atom is 0.377 e. The first kappa shape index (κ1) is 24.3.